The molecule has 1 saturated heterocycles. The third kappa shape index (κ3) is 2.42. The van der Waals surface area contributed by atoms with Crippen molar-refractivity contribution in [3.63, 3.8) is 0 Å². The van der Waals surface area contributed by atoms with E-state index in [1.807, 2.05) is 14.1 Å². The van der Waals surface area contributed by atoms with Crippen molar-refractivity contribution >= 4 is 34.0 Å². The van der Waals surface area contributed by atoms with Gasteiger partial charge in [0.1, 0.15) is 9.69 Å². The minimum atomic E-state index is 0.230. The summed E-state index contributed by atoms with van der Waals surface area (Å²) in [5, 5.41) is 0.230. The van der Waals surface area contributed by atoms with Crippen molar-refractivity contribution in [2.45, 2.75) is 5.37 Å². The van der Waals surface area contributed by atoms with Crippen LogP contribution in [0.25, 0.3) is 0 Å². The zero-order valence-electron chi connectivity index (χ0n) is 8.65. The molecule has 2 N–H and O–H groups in total. The molecule has 0 unspecified atom stereocenters. The third-order valence-corrected chi connectivity index (χ3v) is 3.58. The van der Waals surface area contributed by atoms with Gasteiger partial charge in [0.05, 0.1) is 0 Å². The van der Waals surface area contributed by atoms with Gasteiger partial charge in [0.15, 0.2) is 0 Å². The van der Waals surface area contributed by atoms with Gasteiger partial charge in [0.25, 0.3) is 0 Å². The lowest BCUT2D eigenvalue weighted by Gasteiger charge is -2.14. The molecule has 5 heteroatoms. The Morgan fingerprint density at radius 2 is 1.93 bits per heavy atom. The molecule has 1 aromatic carbocycles. The molecule has 2 rings (SSSR count). The van der Waals surface area contributed by atoms with Gasteiger partial charge >= 0.3 is 0 Å². The van der Waals surface area contributed by atoms with Crippen LogP contribution in [0.15, 0.2) is 24.3 Å². The molecule has 80 valence electrons. The molecule has 1 atom stereocenters. The highest BCUT2D eigenvalue weighted by molar-refractivity contribution is 8.23. The highest BCUT2D eigenvalue weighted by Crippen LogP contribution is 2.30. The minimum Gasteiger partial charge on any atom is -0.378 e. The second-order valence-electron chi connectivity index (χ2n) is 3.54. The van der Waals surface area contributed by atoms with E-state index in [0.29, 0.717) is 0 Å². The van der Waals surface area contributed by atoms with E-state index in [-0.39, 0.29) is 5.37 Å². The van der Waals surface area contributed by atoms with Crippen molar-refractivity contribution in [2.75, 3.05) is 19.0 Å². The first-order valence-corrected chi connectivity index (χ1v) is 5.95. The topological polar surface area (TPSA) is 27.3 Å². The van der Waals surface area contributed by atoms with Crippen LogP contribution in [-0.2, 0) is 0 Å². The van der Waals surface area contributed by atoms with E-state index in [1.54, 1.807) is 11.8 Å². The summed E-state index contributed by atoms with van der Waals surface area (Å²) in [7, 11) is 4.07. The maximum absolute atomic E-state index is 5.04. The van der Waals surface area contributed by atoms with Gasteiger partial charge in [-0.1, -0.05) is 36.1 Å². The van der Waals surface area contributed by atoms with Gasteiger partial charge in [-0.2, -0.15) is 0 Å². The number of nitrogens with one attached hydrogen (secondary N) is 2. The summed E-state index contributed by atoms with van der Waals surface area (Å²) in [6.45, 7) is 0. The van der Waals surface area contributed by atoms with E-state index in [0.717, 1.165) is 4.32 Å². The predicted molar refractivity (Wildman–Crippen MR) is 70.0 cm³/mol. The molecule has 1 aromatic rings. The number of hydrogen-bond acceptors (Lipinski definition) is 4. The van der Waals surface area contributed by atoms with Gasteiger partial charge in [-0.3, -0.25) is 0 Å². The summed E-state index contributed by atoms with van der Waals surface area (Å²) in [6.07, 6.45) is 0. The second-order valence-corrected chi connectivity index (χ2v) is 5.32. The van der Waals surface area contributed by atoms with Crippen LogP contribution in [0.2, 0.25) is 0 Å². The summed E-state index contributed by atoms with van der Waals surface area (Å²) >= 11 is 6.67. The summed E-state index contributed by atoms with van der Waals surface area (Å²) in [5.41, 5.74) is 8.51. The molecule has 0 aliphatic carbocycles. The van der Waals surface area contributed by atoms with Crippen LogP contribution in [0.4, 0.5) is 5.69 Å². The normalized spacial score (nSPS) is 20.1. The number of hydrazine groups is 1. The first-order chi connectivity index (χ1) is 7.16. The van der Waals surface area contributed by atoms with Crippen LogP contribution in [-0.4, -0.2) is 18.4 Å². The van der Waals surface area contributed by atoms with E-state index in [1.165, 1.54) is 11.3 Å². The summed E-state index contributed by atoms with van der Waals surface area (Å²) in [6, 6.07) is 8.46. The van der Waals surface area contributed by atoms with Gasteiger partial charge in [-0.15, -0.1) is 0 Å². The van der Waals surface area contributed by atoms with Crippen molar-refractivity contribution in [3.8, 4) is 0 Å². The zero-order chi connectivity index (χ0) is 10.8. The Hall–Kier alpha value is -0.780. The Morgan fingerprint density at radius 3 is 2.40 bits per heavy atom. The molecule has 1 aliphatic rings. The summed E-state index contributed by atoms with van der Waals surface area (Å²) < 4.78 is 0.802. The molecule has 3 nitrogen and oxygen atoms in total. The number of anilines is 1. The van der Waals surface area contributed by atoms with Gasteiger partial charge in [0, 0.05) is 19.8 Å². The van der Waals surface area contributed by atoms with Crippen LogP contribution >= 0.6 is 24.0 Å². The monoisotopic (exact) mass is 239 g/mol. The highest BCUT2D eigenvalue weighted by Gasteiger charge is 2.20. The zero-order valence-corrected chi connectivity index (χ0v) is 10.3. The minimum absolute atomic E-state index is 0.230. The SMILES string of the molecule is CN(C)c1ccc([C@H]2NNC(=S)S2)cc1. The molecule has 0 saturated carbocycles. The Morgan fingerprint density at radius 1 is 1.27 bits per heavy atom. The van der Waals surface area contributed by atoms with Crippen molar-refractivity contribution in [1.82, 2.24) is 10.9 Å². The van der Waals surface area contributed by atoms with Crippen LogP contribution in [0.5, 0.6) is 0 Å². The van der Waals surface area contributed by atoms with E-state index < -0.39 is 0 Å². The summed E-state index contributed by atoms with van der Waals surface area (Å²) in [5.74, 6) is 0. The Kier molecular flexibility index (Phi) is 3.14. The van der Waals surface area contributed by atoms with Crippen molar-refractivity contribution < 1.29 is 0 Å². The van der Waals surface area contributed by atoms with Crippen LogP contribution in [0.1, 0.15) is 10.9 Å². The smallest absolute Gasteiger partial charge is 0.149 e. The predicted octanol–water partition coefficient (Wildman–Crippen LogP) is 1.88. The largest absolute Gasteiger partial charge is 0.378 e. The lowest BCUT2D eigenvalue weighted by Crippen LogP contribution is -2.26. The van der Waals surface area contributed by atoms with E-state index in [9.17, 15) is 0 Å². The van der Waals surface area contributed by atoms with E-state index >= 15 is 0 Å². The van der Waals surface area contributed by atoms with E-state index in [4.69, 9.17) is 12.2 Å². The average Bonchev–Trinajstić information content (AvgIpc) is 2.65. The van der Waals surface area contributed by atoms with Crippen molar-refractivity contribution in [3.05, 3.63) is 29.8 Å². The fraction of sp³-hybridized carbons (Fsp3) is 0.300. The van der Waals surface area contributed by atoms with Crippen LogP contribution < -0.4 is 15.8 Å². The number of hydrogen-bond donors (Lipinski definition) is 2. The van der Waals surface area contributed by atoms with E-state index in [2.05, 4.69) is 40.0 Å². The number of rotatable bonds is 2. The number of thioether (sulfide) groups is 1. The maximum atomic E-state index is 5.04. The molecule has 0 amide bonds. The Bertz CT molecular complexity index is 361. The molecular formula is C10H13N3S2. The van der Waals surface area contributed by atoms with Gasteiger partial charge in [-0.25, -0.2) is 5.43 Å². The number of benzene rings is 1. The molecule has 1 fully saturated rings. The van der Waals surface area contributed by atoms with Crippen LogP contribution in [0, 0.1) is 0 Å². The molecular weight excluding hydrogens is 226 g/mol. The third-order valence-electron chi connectivity index (χ3n) is 2.24. The second kappa shape index (κ2) is 4.38. The highest BCUT2D eigenvalue weighted by atomic mass is 32.2. The first kappa shape index (κ1) is 10.7. The molecule has 1 aliphatic heterocycles. The van der Waals surface area contributed by atoms with Gasteiger partial charge < -0.3 is 10.3 Å². The van der Waals surface area contributed by atoms with Crippen molar-refractivity contribution in [2.24, 2.45) is 0 Å². The number of nitrogens with zero attached hydrogens (tertiary/aromatic N) is 1. The number of thiocarbonyl (C=S) groups is 1. The van der Waals surface area contributed by atoms with Gasteiger partial charge in [-0.05, 0) is 17.7 Å². The lowest BCUT2D eigenvalue weighted by atomic mass is 10.2. The molecule has 0 bridgehead atoms. The van der Waals surface area contributed by atoms with Crippen molar-refractivity contribution in [1.29, 1.82) is 0 Å². The Labute approximate surface area is 99.2 Å². The van der Waals surface area contributed by atoms with Crippen LogP contribution in [0.3, 0.4) is 0 Å². The average molecular weight is 239 g/mol. The standard InChI is InChI=1S/C10H13N3S2/c1-13(2)8-5-3-7(4-6-8)9-11-12-10(14)15-9/h3-6,9,11H,1-2H3,(H,12,14)/t9-/m0/s1. The molecule has 1 heterocycles. The molecule has 0 spiro atoms. The maximum Gasteiger partial charge on any atom is 0.149 e. The van der Waals surface area contributed by atoms with Gasteiger partial charge in [0.2, 0.25) is 0 Å². The summed E-state index contributed by atoms with van der Waals surface area (Å²) in [4.78, 5) is 2.09. The fourth-order valence-electron chi connectivity index (χ4n) is 1.39. The first-order valence-electron chi connectivity index (χ1n) is 4.66. The Balaban J connectivity index is 2.13. The lowest BCUT2D eigenvalue weighted by molar-refractivity contribution is 0.668. The molecule has 0 aromatic heterocycles. The molecule has 0 radical (unpaired) electrons. The quantitative estimate of drug-likeness (QED) is 0.769. The molecule has 15 heavy (non-hydrogen) atoms. The fourth-order valence-corrected chi connectivity index (χ4v) is 2.48.